The topological polar surface area (TPSA) is 75.7 Å². The van der Waals surface area contributed by atoms with E-state index < -0.39 is 16.1 Å². The molecular weight excluding hydrogens is 328 g/mol. The number of nitrogens with zero attached hydrogens (tertiary/aromatic N) is 1. The molecule has 1 fully saturated rings. The van der Waals surface area contributed by atoms with Crippen LogP contribution in [0.15, 0.2) is 23.1 Å². The van der Waals surface area contributed by atoms with Crippen LogP contribution in [0.2, 0.25) is 0 Å². The standard InChI is InChI=1S/C17H24N2O4S/c1-11(2)14-7-9-23-16(14)17(20)19-8-6-12-4-5-13(10-15(12)19)24(21,22)18-3/h4-5,10-11,14,16,18H,6-9H2,1-3H3/t14-,16-/m1/s1. The van der Waals surface area contributed by atoms with Gasteiger partial charge in [-0.25, -0.2) is 13.1 Å². The summed E-state index contributed by atoms with van der Waals surface area (Å²) in [4.78, 5) is 14.9. The Balaban J connectivity index is 1.91. The fraction of sp³-hybridized carbons (Fsp3) is 0.588. The molecule has 0 aromatic heterocycles. The second kappa shape index (κ2) is 6.46. The highest BCUT2D eigenvalue weighted by atomic mass is 32.2. The smallest absolute Gasteiger partial charge is 0.256 e. The molecule has 0 bridgehead atoms. The van der Waals surface area contributed by atoms with Crippen LogP contribution < -0.4 is 9.62 Å². The van der Waals surface area contributed by atoms with E-state index in [9.17, 15) is 13.2 Å². The lowest BCUT2D eigenvalue weighted by molar-refractivity contribution is -0.129. The third-order valence-corrected chi connectivity index (χ3v) is 6.45. The molecule has 24 heavy (non-hydrogen) atoms. The summed E-state index contributed by atoms with van der Waals surface area (Å²) in [6.07, 6.45) is 1.20. The van der Waals surface area contributed by atoms with E-state index in [1.807, 2.05) is 0 Å². The number of carbonyl (C=O) groups excluding carboxylic acids is 1. The van der Waals surface area contributed by atoms with Crippen LogP contribution in [-0.4, -0.2) is 40.6 Å². The quantitative estimate of drug-likeness (QED) is 0.892. The molecule has 2 aliphatic heterocycles. The van der Waals surface area contributed by atoms with E-state index in [0.717, 1.165) is 18.4 Å². The number of anilines is 1. The summed E-state index contributed by atoms with van der Waals surface area (Å²) in [5.74, 6) is 0.536. The predicted octanol–water partition coefficient (Wildman–Crippen LogP) is 1.54. The summed E-state index contributed by atoms with van der Waals surface area (Å²) in [6.45, 7) is 5.39. The highest BCUT2D eigenvalue weighted by molar-refractivity contribution is 7.89. The molecule has 1 aromatic carbocycles. The Labute approximate surface area is 143 Å². The summed E-state index contributed by atoms with van der Waals surface area (Å²) >= 11 is 0. The van der Waals surface area contributed by atoms with E-state index in [0.29, 0.717) is 24.8 Å². The van der Waals surface area contributed by atoms with Gasteiger partial charge in [0.1, 0.15) is 6.10 Å². The Morgan fingerprint density at radius 1 is 1.38 bits per heavy atom. The number of hydrogen-bond donors (Lipinski definition) is 1. The molecule has 0 aliphatic carbocycles. The maximum atomic E-state index is 13.0. The van der Waals surface area contributed by atoms with Gasteiger partial charge in [-0.15, -0.1) is 0 Å². The zero-order valence-corrected chi connectivity index (χ0v) is 15.1. The molecule has 1 saturated heterocycles. The van der Waals surface area contributed by atoms with E-state index in [4.69, 9.17) is 4.74 Å². The molecule has 0 spiro atoms. The number of carbonyl (C=O) groups is 1. The van der Waals surface area contributed by atoms with Gasteiger partial charge in [-0.1, -0.05) is 19.9 Å². The van der Waals surface area contributed by atoms with Crippen LogP contribution in [0.5, 0.6) is 0 Å². The number of fused-ring (bicyclic) bond motifs is 1. The molecule has 0 unspecified atom stereocenters. The third kappa shape index (κ3) is 2.96. The Kier molecular flexibility index (Phi) is 4.68. The van der Waals surface area contributed by atoms with Crippen molar-refractivity contribution >= 4 is 21.6 Å². The first kappa shape index (κ1) is 17.4. The Morgan fingerprint density at radius 3 is 2.79 bits per heavy atom. The van der Waals surface area contributed by atoms with Crippen LogP contribution in [0.3, 0.4) is 0 Å². The second-order valence-corrected chi connectivity index (χ2v) is 8.61. The summed E-state index contributed by atoms with van der Waals surface area (Å²) < 4.78 is 32.1. The summed E-state index contributed by atoms with van der Waals surface area (Å²) in [7, 11) is -2.15. The van der Waals surface area contributed by atoms with Crippen molar-refractivity contribution in [3.05, 3.63) is 23.8 Å². The van der Waals surface area contributed by atoms with Crippen LogP contribution in [0, 0.1) is 11.8 Å². The van der Waals surface area contributed by atoms with Crippen LogP contribution in [0.4, 0.5) is 5.69 Å². The van der Waals surface area contributed by atoms with E-state index in [-0.39, 0.29) is 16.7 Å². The Hall–Kier alpha value is -1.44. The first-order chi connectivity index (χ1) is 11.3. The number of rotatable bonds is 4. The van der Waals surface area contributed by atoms with Crippen molar-refractivity contribution in [3.8, 4) is 0 Å². The number of sulfonamides is 1. The zero-order chi connectivity index (χ0) is 17.5. The van der Waals surface area contributed by atoms with E-state index in [1.54, 1.807) is 23.1 Å². The monoisotopic (exact) mass is 352 g/mol. The maximum absolute atomic E-state index is 13.0. The fourth-order valence-electron chi connectivity index (χ4n) is 3.57. The van der Waals surface area contributed by atoms with Crippen LogP contribution in [-0.2, 0) is 26.0 Å². The van der Waals surface area contributed by atoms with Crippen molar-refractivity contribution in [2.45, 2.75) is 37.7 Å². The molecule has 0 radical (unpaired) electrons. The van der Waals surface area contributed by atoms with E-state index in [1.165, 1.54) is 7.05 Å². The molecule has 2 aliphatic rings. The molecular formula is C17H24N2O4S. The highest BCUT2D eigenvalue weighted by Crippen LogP contribution is 2.35. The van der Waals surface area contributed by atoms with Gasteiger partial charge in [-0.2, -0.15) is 0 Å². The minimum absolute atomic E-state index is 0.0519. The molecule has 2 atom stereocenters. The van der Waals surface area contributed by atoms with Crippen LogP contribution >= 0.6 is 0 Å². The largest absolute Gasteiger partial charge is 0.368 e. The lowest BCUT2D eigenvalue weighted by Crippen LogP contribution is -2.42. The first-order valence-electron chi connectivity index (χ1n) is 8.34. The van der Waals surface area contributed by atoms with Crippen molar-refractivity contribution in [2.24, 2.45) is 11.8 Å². The van der Waals surface area contributed by atoms with Gasteiger partial charge in [-0.3, -0.25) is 4.79 Å². The fourth-order valence-corrected chi connectivity index (χ4v) is 4.32. The predicted molar refractivity (Wildman–Crippen MR) is 91.4 cm³/mol. The lowest BCUT2D eigenvalue weighted by atomic mass is 9.89. The molecule has 1 amide bonds. The van der Waals surface area contributed by atoms with Gasteiger partial charge in [0.2, 0.25) is 10.0 Å². The van der Waals surface area contributed by atoms with Crippen molar-refractivity contribution < 1.29 is 17.9 Å². The third-order valence-electron chi connectivity index (χ3n) is 5.03. The molecule has 1 N–H and O–H groups in total. The molecule has 132 valence electrons. The normalized spacial score (nSPS) is 23.8. The average molecular weight is 352 g/mol. The van der Waals surface area contributed by atoms with Crippen molar-refractivity contribution in [1.29, 1.82) is 0 Å². The van der Waals surface area contributed by atoms with E-state index in [2.05, 4.69) is 18.6 Å². The van der Waals surface area contributed by atoms with Crippen LogP contribution in [0.1, 0.15) is 25.8 Å². The van der Waals surface area contributed by atoms with E-state index >= 15 is 0 Å². The molecule has 7 heteroatoms. The molecule has 3 rings (SSSR count). The van der Waals surface area contributed by atoms with Gasteiger partial charge in [-0.05, 0) is 49.4 Å². The number of amides is 1. The van der Waals surface area contributed by atoms with Gasteiger partial charge < -0.3 is 9.64 Å². The average Bonchev–Trinajstić information content (AvgIpc) is 3.20. The van der Waals surface area contributed by atoms with Gasteiger partial charge in [0.25, 0.3) is 5.91 Å². The highest BCUT2D eigenvalue weighted by Gasteiger charge is 2.40. The van der Waals surface area contributed by atoms with Gasteiger partial charge in [0, 0.05) is 18.8 Å². The molecule has 0 saturated carbocycles. The molecule has 1 aromatic rings. The van der Waals surface area contributed by atoms with Gasteiger partial charge in [0.05, 0.1) is 4.90 Å². The lowest BCUT2D eigenvalue weighted by Gasteiger charge is -2.26. The number of nitrogens with one attached hydrogen (secondary N) is 1. The van der Waals surface area contributed by atoms with Crippen molar-refractivity contribution in [1.82, 2.24) is 4.72 Å². The summed E-state index contributed by atoms with van der Waals surface area (Å²) in [6, 6.07) is 4.97. The van der Waals surface area contributed by atoms with Gasteiger partial charge in [0.15, 0.2) is 0 Å². The van der Waals surface area contributed by atoms with Crippen molar-refractivity contribution in [2.75, 3.05) is 25.1 Å². The minimum Gasteiger partial charge on any atom is -0.368 e. The van der Waals surface area contributed by atoms with Crippen molar-refractivity contribution in [3.63, 3.8) is 0 Å². The zero-order valence-electron chi connectivity index (χ0n) is 14.3. The molecule has 6 nitrogen and oxygen atoms in total. The Morgan fingerprint density at radius 2 is 2.12 bits per heavy atom. The molecule has 2 heterocycles. The number of benzene rings is 1. The Bertz CT molecular complexity index is 745. The summed E-state index contributed by atoms with van der Waals surface area (Å²) in [5, 5.41) is 0. The maximum Gasteiger partial charge on any atom is 0.256 e. The van der Waals surface area contributed by atoms with Crippen LogP contribution in [0.25, 0.3) is 0 Å². The number of hydrogen-bond acceptors (Lipinski definition) is 4. The number of ether oxygens (including phenoxy) is 1. The second-order valence-electron chi connectivity index (χ2n) is 6.73. The SMILES string of the molecule is CNS(=O)(=O)c1ccc2c(c1)N(C(=O)[C@@H]1OCC[C@@H]1C(C)C)CC2. The summed E-state index contributed by atoms with van der Waals surface area (Å²) in [5.41, 5.74) is 1.69. The first-order valence-corrected chi connectivity index (χ1v) is 9.83. The minimum atomic E-state index is -3.53. The van der Waals surface area contributed by atoms with Gasteiger partial charge >= 0.3 is 0 Å².